The average molecular weight is 404 g/mol. The van der Waals surface area contributed by atoms with E-state index in [2.05, 4.69) is 19.9 Å². The van der Waals surface area contributed by atoms with Gasteiger partial charge in [-0.1, -0.05) is 23.7 Å². The summed E-state index contributed by atoms with van der Waals surface area (Å²) in [5, 5.41) is 4.77. The van der Waals surface area contributed by atoms with Crippen molar-refractivity contribution in [1.82, 2.24) is 15.3 Å². The van der Waals surface area contributed by atoms with E-state index < -0.39 is 0 Å². The summed E-state index contributed by atoms with van der Waals surface area (Å²) in [5.41, 5.74) is 3.03. The van der Waals surface area contributed by atoms with Crippen LogP contribution in [0.4, 0.5) is 11.5 Å². The third kappa shape index (κ3) is 4.50. The molecule has 2 fully saturated rings. The van der Waals surface area contributed by atoms with Crippen molar-refractivity contribution in [3.8, 4) is 11.4 Å². The number of benzene rings is 1. The molecular weight excluding hydrogens is 378 g/mol. The van der Waals surface area contributed by atoms with Gasteiger partial charge in [0.1, 0.15) is 5.69 Å². The monoisotopic (exact) mass is 403 g/mol. The highest BCUT2D eigenvalue weighted by Gasteiger charge is 2.27. The number of halogens is 1. The van der Waals surface area contributed by atoms with Crippen LogP contribution in [0.15, 0.2) is 24.4 Å². The molecule has 5 nitrogen and oxygen atoms in total. The van der Waals surface area contributed by atoms with Gasteiger partial charge in [-0.25, -0.2) is 9.97 Å². The lowest BCUT2D eigenvalue weighted by molar-refractivity contribution is 0.549. The maximum atomic E-state index is 6.32. The zero-order chi connectivity index (χ0) is 18.8. The van der Waals surface area contributed by atoms with Crippen LogP contribution in [-0.4, -0.2) is 41.9 Å². The largest absolute Gasteiger partial charge is 0.354 e. The van der Waals surface area contributed by atoms with E-state index in [4.69, 9.17) is 16.6 Å². The fraction of sp³-hybridized carbons (Fsp3) is 0.500. The Morgan fingerprint density at radius 2 is 2.15 bits per heavy atom. The second-order valence-electron chi connectivity index (χ2n) is 7.47. The summed E-state index contributed by atoms with van der Waals surface area (Å²) < 4.78 is 3.51. The van der Waals surface area contributed by atoms with E-state index in [1.54, 1.807) is 11.9 Å². The van der Waals surface area contributed by atoms with E-state index in [0.29, 0.717) is 5.92 Å². The Hall–Kier alpha value is -1.50. The third-order valence-corrected chi connectivity index (χ3v) is 6.69. The van der Waals surface area contributed by atoms with E-state index in [0.717, 1.165) is 58.4 Å². The Bertz CT molecular complexity index is 811. The van der Waals surface area contributed by atoms with Gasteiger partial charge in [0.25, 0.3) is 0 Å². The summed E-state index contributed by atoms with van der Waals surface area (Å²) in [6.45, 7) is 5.10. The lowest BCUT2D eigenvalue weighted by atomic mass is 10.1. The maximum Gasteiger partial charge on any atom is 0.161 e. The van der Waals surface area contributed by atoms with Gasteiger partial charge in [0.15, 0.2) is 11.6 Å². The third-order valence-electron chi connectivity index (χ3n) is 5.14. The summed E-state index contributed by atoms with van der Waals surface area (Å²) in [7, 11) is 2.02. The van der Waals surface area contributed by atoms with Crippen LogP contribution < -0.4 is 14.9 Å². The molecule has 7 heteroatoms. The van der Waals surface area contributed by atoms with Gasteiger partial charge in [-0.2, -0.15) is 0 Å². The van der Waals surface area contributed by atoms with E-state index in [1.807, 2.05) is 38.4 Å². The van der Waals surface area contributed by atoms with Crippen molar-refractivity contribution in [1.29, 1.82) is 0 Å². The molecule has 0 amide bonds. The molecule has 2 aromatic rings. The first-order valence-electron chi connectivity index (χ1n) is 9.59. The smallest absolute Gasteiger partial charge is 0.161 e. The fourth-order valence-corrected chi connectivity index (χ4v) is 4.36. The predicted octanol–water partition coefficient (Wildman–Crippen LogP) is 4.37. The lowest BCUT2D eigenvalue weighted by Gasteiger charge is -2.22. The molecule has 2 N–H and O–H groups in total. The minimum absolute atomic E-state index is 0.658. The Labute approximate surface area is 170 Å². The van der Waals surface area contributed by atoms with Crippen LogP contribution in [0, 0.1) is 12.8 Å². The van der Waals surface area contributed by atoms with Crippen LogP contribution in [0.1, 0.15) is 24.8 Å². The van der Waals surface area contributed by atoms with Crippen molar-refractivity contribution in [2.45, 2.75) is 31.4 Å². The number of anilines is 2. The van der Waals surface area contributed by atoms with Gasteiger partial charge in [0.05, 0.1) is 6.20 Å². The quantitative estimate of drug-likeness (QED) is 0.669. The second kappa shape index (κ2) is 8.25. The summed E-state index contributed by atoms with van der Waals surface area (Å²) >= 11 is 8.11. The topological polar surface area (TPSA) is 53.1 Å². The summed E-state index contributed by atoms with van der Waals surface area (Å²) in [6, 6.07) is 6.02. The minimum atomic E-state index is 0.658. The number of hydrogen-bond donors (Lipinski definition) is 2. The lowest BCUT2D eigenvalue weighted by Crippen LogP contribution is -2.25. The minimum Gasteiger partial charge on any atom is -0.354 e. The number of hydrogen-bond acceptors (Lipinski definition) is 6. The number of nitrogens with one attached hydrogen (secondary N) is 2. The van der Waals surface area contributed by atoms with Gasteiger partial charge in [0, 0.05) is 28.9 Å². The molecule has 1 aromatic carbocycles. The van der Waals surface area contributed by atoms with E-state index in [9.17, 15) is 0 Å². The Balaban J connectivity index is 1.62. The van der Waals surface area contributed by atoms with Gasteiger partial charge in [0.2, 0.25) is 0 Å². The molecule has 1 atom stereocenters. The first kappa shape index (κ1) is 18.8. The summed E-state index contributed by atoms with van der Waals surface area (Å²) in [4.78, 5) is 12.0. The van der Waals surface area contributed by atoms with Crippen molar-refractivity contribution < 1.29 is 0 Å². The molecule has 2 aliphatic rings. The Morgan fingerprint density at radius 1 is 1.30 bits per heavy atom. The molecule has 1 unspecified atom stereocenters. The van der Waals surface area contributed by atoms with Crippen LogP contribution in [0.3, 0.4) is 0 Å². The molecule has 2 heterocycles. The Morgan fingerprint density at radius 3 is 2.89 bits per heavy atom. The summed E-state index contributed by atoms with van der Waals surface area (Å²) in [5.74, 6) is 2.39. The van der Waals surface area contributed by atoms with Gasteiger partial charge in [-0.05, 0) is 69.3 Å². The molecular formula is C20H26ClN5S. The number of aryl methyl sites for hydroxylation is 1. The van der Waals surface area contributed by atoms with Gasteiger partial charge < -0.3 is 14.9 Å². The fourth-order valence-electron chi connectivity index (χ4n) is 3.37. The normalized spacial score (nSPS) is 19.5. The number of nitrogens with zero attached hydrogens (tertiary/aromatic N) is 3. The predicted molar refractivity (Wildman–Crippen MR) is 116 cm³/mol. The van der Waals surface area contributed by atoms with Crippen LogP contribution in [0.2, 0.25) is 5.02 Å². The van der Waals surface area contributed by atoms with Gasteiger partial charge >= 0.3 is 0 Å². The highest BCUT2D eigenvalue weighted by Crippen LogP contribution is 2.38. The second-order valence-corrected chi connectivity index (χ2v) is 8.99. The van der Waals surface area contributed by atoms with Gasteiger partial charge in [-0.15, -0.1) is 0 Å². The summed E-state index contributed by atoms with van der Waals surface area (Å²) in [6.07, 6.45) is 5.70. The van der Waals surface area contributed by atoms with E-state index in [1.165, 1.54) is 19.3 Å². The van der Waals surface area contributed by atoms with Gasteiger partial charge in [-0.3, -0.25) is 0 Å². The maximum absolute atomic E-state index is 6.32. The molecule has 1 saturated heterocycles. The Kier molecular flexibility index (Phi) is 5.76. The van der Waals surface area contributed by atoms with Crippen LogP contribution in [0.5, 0.6) is 0 Å². The SMILES string of the molecule is CNCC1CCN(c2nc(-c3ccc(C)c(Cl)c3)ncc2NSC2CC2)C1. The molecule has 1 saturated carbocycles. The van der Waals surface area contributed by atoms with Crippen LogP contribution in [0.25, 0.3) is 11.4 Å². The molecule has 1 aliphatic heterocycles. The van der Waals surface area contributed by atoms with Crippen molar-refractivity contribution >= 4 is 35.1 Å². The highest BCUT2D eigenvalue weighted by atomic mass is 35.5. The number of aromatic nitrogens is 2. The standard InChI is InChI=1S/C20H26ClN5S/c1-13-3-4-15(9-17(13)21)19-23-11-18(25-27-16-5-6-16)20(24-19)26-8-7-14(12-26)10-22-2/h3-4,9,11,14,16,22,25H,5-8,10,12H2,1-2H3. The highest BCUT2D eigenvalue weighted by molar-refractivity contribution is 8.01. The van der Waals surface area contributed by atoms with Crippen molar-refractivity contribution in [2.75, 3.05) is 36.3 Å². The van der Waals surface area contributed by atoms with E-state index >= 15 is 0 Å². The van der Waals surface area contributed by atoms with Crippen molar-refractivity contribution in [2.24, 2.45) is 5.92 Å². The van der Waals surface area contributed by atoms with E-state index in [-0.39, 0.29) is 0 Å². The van der Waals surface area contributed by atoms with Crippen LogP contribution in [-0.2, 0) is 0 Å². The van der Waals surface area contributed by atoms with Crippen molar-refractivity contribution in [3.63, 3.8) is 0 Å². The molecule has 0 spiro atoms. The first-order chi connectivity index (χ1) is 13.1. The molecule has 27 heavy (non-hydrogen) atoms. The molecule has 1 aliphatic carbocycles. The molecule has 4 rings (SSSR count). The zero-order valence-corrected chi connectivity index (χ0v) is 17.4. The van der Waals surface area contributed by atoms with Crippen molar-refractivity contribution in [3.05, 3.63) is 35.0 Å². The first-order valence-corrected chi connectivity index (χ1v) is 10.8. The number of rotatable bonds is 7. The zero-order valence-electron chi connectivity index (χ0n) is 15.8. The molecule has 0 bridgehead atoms. The molecule has 0 radical (unpaired) electrons. The average Bonchev–Trinajstić information content (AvgIpc) is 3.39. The van der Waals surface area contributed by atoms with Crippen LogP contribution >= 0.6 is 23.5 Å². The molecule has 144 valence electrons. The molecule has 1 aromatic heterocycles.